The van der Waals surface area contributed by atoms with Gasteiger partial charge in [0, 0.05) is 17.2 Å². The molecule has 1 heterocycles. The van der Waals surface area contributed by atoms with Gasteiger partial charge in [0.1, 0.15) is 5.75 Å². The fourth-order valence-electron chi connectivity index (χ4n) is 3.55. The average Bonchev–Trinajstić information content (AvgIpc) is 3.48. The number of benzene rings is 3. The topological polar surface area (TPSA) is 98.2 Å². The minimum Gasteiger partial charge on any atom is -0.490 e. The van der Waals surface area contributed by atoms with Crippen LogP contribution >= 0.6 is 39.5 Å². The third-order valence-corrected chi connectivity index (χ3v) is 8.98. The average molecular weight is 631 g/mol. The van der Waals surface area contributed by atoms with Crippen LogP contribution in [-0.4, -0.2) is 49.4 Å². The molecule has 11 heteroatoms. The summed E-state index contributed by atoms with van der Waals surface area (Å²) in [5.74, 6) is 3.12. The smallest absolute Gasteiger partial charge is 0.277 e. The minimum atomic E-state index is -0.384. The maximum Gasteiger partial charge on any atom is 0.277 e. The third kappa shape index (κ3) is 8.94. The zero-order valence-electron chi connectivity index (χ0n) is 21.2. The van der Waals surface area contributed by atoms with Crippen molar-refractivity contribution >= 4 is 63.2 Å². The molecule has 1 saturated heterocycles. The summed E-state index contributed by atoms with van der Waals surface area (Å²) in [7, 11) is 0. The maximum absolute atomic E-state index is 12.3. The largest absolute Gasteiger partial charge is 0.490 e. The highest BCUT2D eigenvalue weighted by Crippen LogP contribution is 2.45. The standard InChI is InChI=1S/C28H28BrN3O5S2/c1-2-35-24-15-19(14-23(29)27(24)37-17-25(33)31-21-6-4-3-5-7-21)16-30-32-26(34)18-36-22-10-8-20(9-11-22)28-38-12-13-39-28/h3-11,14-16,28H,2,12-13,17-18H2,1H3,(H,31,33)(H,32,34)/b30-16-. The number of ether oxygens (including phenoxy) is 3. The van der Waals surface area contributed by atoms with Gasteiger partial charge in [0.2, 0.25) is 0 Å². The Hall–Kier alpha value is -3.15. The second-order valence-corrected chi connectivity index (χ2v) is 11.8. The Morgan fingerprint density at radius 3 is 2.41 bits per heavy atom. The van der Waals surface area contributed by atoms with Gasteiger partial charge in [-0.1, -0.05) is 30.3 Å². The molecule has 2 N–H and O–H groups in total. The fourth-order valence-corrected chi connectivity index (χ4v) is 6.99. The van der Waals surface area contributed by atoms with Crippen molar-refractivity contribution in [1.82, 2.24) is 5.43 Å². The predicted octanol–water partition coefficient (Wildman–Crippen LogP) is 5.87. The first-order valence-corrected chi connectivity index (χ1v) is 15.1. The van der Waals surface area contributed by atoms with E-state index in [1.807, 2.05) is 72.9 Å². The normalized spacial score (nSPS) is 13.3. The third-order valence-electron chi connectivity index (χ3n) is 5.28. The Labute approximate surface area is 244 Å². The highest BCUT2D eigenvalue weighted by Gasteiger charge is 2.18. The molecule has 0 atom stereocenters. The van der Waals surface area contributed by atoms with Gasteiger partial charge < -0.3 is 19.5 Å². The van der Waals surface area contributed by atoms with Crippen LogP contribution < -0.4 is 25.0 Å². The van der Waals surface area contributed by atoms with Crippen LogP contribution in [0.2, 0.25) is 0 Å². The fraction of sp³-hybridized carbons (Fsp3) is 0.250. The van der Waals surface area contributed by atoms with Crippen molar-refractivity contribution in [3.05, 3.63) is 82.3 Å². The molecule has 3 aromatic rings. The molecule has 204 valence electrons. The molecule has 0 radical (unpaired) electrons. The van der Waals surface area contributed by atoms with Gasteiger partial charge in [0.25, 0.3) is 11.8 Å². The van der Waals surface area contributed by atoms with E-state index in [1.54, 1.807) is 24.3 Å². The number of hydrazone groups is 1. The van der Waals surface area contributed by atoms with E-state index in [9.17, 15) is 9.59 Å². The highest BCUT2D eigenvalue weighted by molar-refractivity contribution is 9.10. The molecule has 3 aromatic carbocycles. The molecule has 0 bridgehead atoms. The summed E-state index contributed by atoms with van der Waals surface area (Å²) >= 11 is 7.36. The lowest BCUT2D eigenvalue weighted by Crippen LogP contribution is -2.24. The van der Waals surface area contributed by atoms with Crippen LogP contribution in [0.3, 0.4) is 0 Å². The van der Waals surface area contributed by atoms with Crippen LogP contribution in [0.1, 0.15) is 22.6 Å². The molecule has 0 aromatic heterocycles. The van der Waals surface area contributed by atoms with E-state index in [1.165, 1.54) is 23.3 Å². The summed E-state index contributed by atoms with van der Waals surface area (Å²) in [5, 5.41) is 6.80. The van der Waals surface area contributed by atoms with Crippen molar-refractivity contribution in [2.75, 3.05) is 36.6 Å². The molecular weight excluding hydrogens is 602 g/mol. The number of rotatable bonds is 12. The predicted molar refractivity (Wildman–Crippen MR) is 161 cm³/mol. The monoisotopic (exact) mass is 629 g/mol. The lowest BCUT2D eigenvalue weighted by Gasteiger charge is -2.14. The van der Waals surface area contributed by atoms with Crippen LogP contribution in [-0.2, 0) is 9.59 Å². The van der Waals surface area contributed by atoms with Gasteiger partial charge in [0.05, 0.1) is 21.9 Å². The molecule has 0 unspecified atom stereocenters. The number of hydrogen-bond donors (Lipinski definition) is 2. The number of para-hydroxylation sites is 1. The van der Waals surface area contributed by atoms with E-state index in [0.29, 0.717) is 44.2 Å². The molecule has 4 rings (SSSR count). The van der Waals surface area contributed by atoms with E-state index in [0.717, 1.165) is 0 Å². The van der Waals surface area contributed by atoms with E-state index >= 15 is 0 Å². The van der Waals surface area contributed by atoms with Crippen LogP contribution in [0.4, 0.5) is 5.69 Å². The number of amides is 2. The lowest BCUT2D eigenvalue weighted by molar-refractivity contribution is -0.123. The molecule has 0 aliphatic carbocycles. The first-order valence-electron chi connectivity index (χ1n) is 12.2. The van der Waals surface area contributed by atoms with E-state index in [4.69, 9.17) is 14.2 Å². The Morgan fingerprint density at radius 2 is 1.69 bits per heavy atom. The van der Waals surface area contributed by atoms with Crippen molar-refractivity contribution in [2.24, 2.45) is 5.10 Å². The second-order valence-electron chi connectivity index (χ2n) is 8.19. The molecular formula is C28H28BrN3O5S2. The number of thioether (sulfide) groups is 2. The summed E-state index contributed by atoms with van der Waals surface area (Å²) in [6.45, 7) is 1.89. The zero-order valence-corrected chi connectivity index (χ0v) is 24.4. The van der Waals surface area contributed by atoms with Gasteiger partial charge in [-0.3, -0.25) is 9.59 Å². The molecule has 0 spiro atoms. The van der Waals surface area contributed by atoms with Crippen LogP contribution in [0.25, 0.3) is 0 Å². The van der Waals surface area contributed by atoms with Crippen molar-refractivity contribution in [3.8, 4) is 17.2 Å². The number of nitrogens with zero attached hydrogens (tertiary/aromatic N) is 1. The van der Waals surface area contributed by atoms with Gasteiger partial charge in [-0.15, -0.1) is 23.5 Å². The molecule has 2 amide bonds. The number of halogens is 1. The molecule has 1 aliphatic heterocycles. The van der Waals surface area contributed by atoms with Gasteiger partial charge in [-0.05, 0) is 70.4 Å². The first-order chi connectivity index (χ1) is 19.0. The van der Waals surface area contributed by atoms with E-state index in [-0.39, 0.29) is 25.0 Å². The number of anilines is 1. The summed E-state index contributed by atoms with van der Waals surface area (Å²) in [5.41, 5.74) is 5.07. The number of carbonyl (C=O) groups excluding carboxylic acids is 2. The zero-order chi connectivity index (χ0) is 27.5. The Kier molecular flexibility index (Phi) is 11.0. The summed E-state index contributed by atoms with van der Waals surface area (Å²) in [6.07, 6.45) is 1.49. The molecule has 39 heavy (non-hydrogen) atoms. The van der Waals surface area contributed by atoms with Crippen molar-refractivity contribution < 1.29 is 23.8 Å². The highest BCUT2D eigenvalue weighted by atomic mass is 79.9. The van der Waals surface area contributed by atoms with Crippen molar-refractivity contribution in [2.45, 2.75) is 11.5 Å². The van der Waals surface area contributed by atoms with Crippen molar-refractivity contribution in [3.63, 3.8) is 0 Å². The van der Waals surface area contributed by atoms with Gasteiger partial charge in [0.15, 0.2) is 24.7 Å². The van der Waals surface area contributed by atoms with Crippen LogP contribution in [0.5, 0.6) is 17.2 Å². The Balaban J connectivity index is 1.28. The molecule has 8 nitrogen and oxygen atoms in total. The lowest BCUT2D eigenvalue weighted by atomic mass is 10.2. The number of hydrogen-bond acceptors (Lipinski definition) is 8. The van der Waals surface area contributed by atoms with Gasteiger partial charge >= 0.3 is 0 Å². The minimum absolute atomic E-state index is 0.157. The quantitative estimate of drug-likeness (QED) is 0.191. The van der Waals surface area contributed by atoms with Crippen molar-refractivity contribution in [1.29, 1.82) is 0 Å². The Morgan fingerprint density at radius 1 is 0.974 bits per heavy atom. The SMILES string of the molecule is CCOc1cc(/C=N\NC(=O)COc2ccc(C3SCCS3)cc2)cc(Br)c1OCC(=O)Nc1ccccc1. The van der Waals surface area contributed by atoms with E-state index < -0.39 is 0 Å². The van der Waals surface area contributed by atoms with Crippen LogP contribution in [0, 0.1) is 0 Å². The molecule has 1 aliphatic rings. The first kappa shape index (κ1) is 28.8. The van der Waals surface area contributed by atoms with Crippen LogP contribution in [0.15, 0.2) is 76.3 Å². The summed E-state index contributed by atoms with van der Waals surface area (Å²) in [4.78, 5) is 24.5. The molecule has 1 fully saturated rings. The molecule has 0 saturated carbocycles. The second kappa shape index (κ2) is 14.9. The summed E-state index contributed by atoms with van der Waals surface area (Å²) in [6, 6.07) is 20.5. The van der Waals surface area contributed by atoms with E-state index in [2.05, 4.69) is 31.8 Å². The van der Waals surface area contributed by atoms with Gasteiger partial charge in [-0.25, -0.2) is 5.43 Å². The maximum atomic E-state index is 12.3. The summed E-state index contributed by atoms with van der Waals surface area (Å²) < 4.78 is 18.1. The number of carbonyl (C=O) groups is 2. The number of nitrogens with one attached hydrogen (secondary N) is 2. The van der Waals surface area contributed by atoms with Gasteiger partial charge in [-0.2, -0.15) is 5.10 Å². The Bertz CT molecular complexity index is 1290.